The van der Waals surface area contributed by atoms with E-state index in [2.05, 4.69) is 4.72 Å². The molecule has 1 rings (SSSR count). The van der Waals surface area contributed by atoms with Crippen molar-refractivity contribution in [3.8, 4) is 0 Å². The van der Waals surface area contributed by atoms with Crippen LogP contribution in [0.3, 0.4) is 0 Å². The van der Waals surface area contributed by atoms with Crippen molar-refractivity contribution in [2.45, 2.75) is 19.9 Å². The van der Waals surface area contributed by atoms with Gasteiger partial charge in [-0.25, -0.2) is 13.1 Å². The number of hydrogen-bond donors (Lipinski definition) is 2. The van der Waals surface area contributed by atoms with Crippen LogP contribution in [-0.4, -0.2) is 25.2 Å². The van der Waals surface area contributed by atoms with E-state index in [0.29, 0.717) is 0 Å². The summed E-state index contributed by atoms with van der Waals surface area (Å²) in [6.45, 7) is 3.61. The highest BCUT2D eigenvalue weighted by Crippen LogP contribution is 2.22. The molecule has 16 heavy (non-hydrogen) atoms. The number of carbonyl (C=O) groups is 1. The summed E-state index contributed by atoms with van der Waals surface area (Å²) in [6, 6.07) is 3.32. The average Bonchev–Trinajstić information content (AvgIpc) is 2.47. The molecule has 0 aliphatic carbocycles. The van der Waals surface area contributed by atoms with Gasteiger partial charge in [-0.15, -0.1) is 11.3 Å². The maximum absolute atomic E-state index is 11.3. The summed E-state index contributed by atoms with van der Waals surface area (Å²) in [6.07, 6.45) is 0. The van der Waals surface area contributed by atoms with Crippen LogP contribution in [0.4, 0.5) is 0 Å². The lowest BCUT2D eigenvalue weighted by molar-refractivity contribution is -0.134. The second-order valence-corrected chi connectivity index (χ2v) is 6.51. The predicted octanol–water partition coefficient (Wildman–Crippen LogP) is 1.12. The standard InChI is InChI=1S/C9H13NO4S2/c1-6-3-4-8(15-6)7(2)10-16(13,14)5-9(11)12/h3-4,7,10H,5H2,1-2H3,(H,11,12). The molecule has 90 valence electrons. The van der Waals surface area contributed by atoms with Crippen molar-refractivity contribution in [1.29, 1.82) is 0 Å². The fourth-order valence-electron chi connectivity index (χ4n) is 1.22. The molecule has 0 bridgehead atoms. The quantitative estimate of drug-likeness (QED) is 0.834. The Morgan fingerprint density at radius 2 is 2.19 bits per heavy atom. The van der Waals surface area contributed by atoms with Gasteiger partial charge in [-0.1, -0.05) is 0 Å². The molecule has 0 saturated heterocycles. The lowest BCUT2D eigenvalue weighted by Crippen LogP contribution is -2.31. The Morgan fingerprint density at radius 1 is 1.56 bits per heavy atom. The van der Waals surface area contributed by atoms with E-state index in [4.69, 9.17) is 5.11 Å². The minimum absolute atomic E-state index is 0.400. The number of nitrogens with one attached hydrogen (secondary N) is 1. The maximum atomic E-state index is 11.3. The highest BCUT2D eigenvalue weighted by molar-refractivity contribution is 7.90. The van der Waals surface area contributed by atoms with E-state index in [1.54, 1.807) is 6.92 Å². The number of aliphatic carboxylic acids is 1. The Labute approximate surface area is 98.2 Å². The molecule has 0 aliphatic heterocycles. The first-order chi connectivity index (χ1) is 7.30. The van der Waals surface area contributed by atoms with Gasteiger partial charge in [-0.2, -0.15) is 0 Å². The first-order valence-corrected chi connectivity index (χ1v) is 7.05. The smallest absolute Gasteiger partial charge is 0.320 e. The van der Waals surface area contributed by atoms with E-state index in [1.165, 1.54) is 11.3 Å². The average molecular weight is 263 g/mol. The summed E-state index contributed by atoms with van der Waals surface area (Å²) in [5, 5.41) is 8.42. The van der Waals surface area contributed by atoms with Gasteiger partial charge < -0.3 is 5.11 Å². The van der Waals surface area contributed by atoms with Crippen LogP contribution in [-0.2, 0) is 14.8 Å². The van der Waals surface area contributed by atoms with Gasteiger partial charge in [0.2, 0.25) is 10.0 Å². The van der Waals surface area contributed by atoms with Crippen LogP contribution in [0, 0.1) is 6.92 Å². The second kappa shape index (κ2) is 4.94. The number of carboxylic acids is 1. The van der Waals surface area contributed by atoms with Crippen LogP contribution in [0.5, 0.6) is 0 Å². The van der Waals surface area contributed by atoms with Crippen molar-refractivity contribution in [3.05, 3.63) is 21.9 Å². The number of thiophene rings is 1. The Balaban J connectivity index is 2.71. The largest absolute Gasteiger partial charge is 0.480 e. The van der Waals surface area contributed by atoms with Crippen LogP contribution in [0.2, 0.25) is 0 Å². The molecule has 0 saturated carbocycles. The molecule has 0 spiro atoms. The van der Waals surface area contributed by atoms with Gasteiger partial charge in [0.15, 0.2) is 5.75 Å². The van der Waals surface area contributed by atoms with E-state index < -0.39 is 27.8 Å². The first kappa shape index (κ1) is 13.1. The van der Waals surface area contributed by atoms with E-state index in [1.807, 2.05) is 19.1 Å². The minimum atomic E-state index is -3.76. The van der Waals surface area contributed by atoms with Gasteiger partial charge in [0, 0.05) is 9.75 Å². The summed E-state index contributed by atoms with van der Waals surface area (Å²) in [5.41, 5.74) is 0. The molecule has 0 radical (unpaired) electrons. The fraction of sp³-hybridized carbons (Fsp3) is 0.444. The molecule has 0 aliphatic rings. The van der Waals surface area contributed by atoms with Crippen LogP contribution < -0.4 is 4.72 Å². The van der Waals surface area contributed by atoms with Gasteiger partial charge in [0.05, 0.1) is 6.04 Å². The van der Waals surface area contributed by atoms with Crippen LogP contribution >= 0.6 is 11.3 Å². The second-order valence-electron chi connectivity index (χ2n) is 3.44. The van der Waals surface area contributed by atoms with Gasteiger partial charge in [-0.05, 0) is 26.0 Å². The zero-order chi connectivity index (χ0) is 12.3. The number of sulfonamides is 1. The van der Waals surface area contributed by atoms with Crippen molar-refractivity contribution in [3.63, 3.8) is 0 Å². The maximum Gasteiger partial charge on any atom is 0.320 e. The Kier molecular flexibility index (Phi) is 4.06. The highest BCUT2D eigenvalue weighted by atomic mass is 32.2. The lowest BCUT2D eigenvalue weighted by atomic mass is 10.3. The van der Waals surface area contributed by atoms with Crippen molar-refractivity contribution < 1.29 is 18.3 Å². The summed E-state index contributed by atoms with van der Waals surface area (Å²) < 4.78 is 25.0. The third-order valence-corrected chi connectivity index (χ3v) is 4.38. The number of hydrogen-bond acceptors (Lipinski definition) is 4. The van der Waals surface area contributed by atoms with E-state index in [0.717, 1.165) is 9.75 Å². The molecular weight excluding hydrogens is 250 g/mol. The molecule has 5 nitrogen and oxygen atoms in total. The summed E-state index contributed by atoms with van der Waals surface area (Å²) in [4.78, 5) is 12.3. The zero-order valence-corrected chi connectivity index (χ0v) is 10.6. The van der Waals surface area contributed by atoms with Gasteiger partial charge in [-0.3, -0.25) is 4.79 Å². The molecule has 1 unspecified atom stereocenters. The van der Waals surface area contributed by atoms with Crippen molar-refractivity contribution in [2.24, 2.45) is 0 Å². The van der Waals surface area contributed by atoms with Gasteiger partial charge in [0.25, 0.3) is 0 Å². The molecule has 2 N–H and O–H groups in total. The molecule has 1 atom stereocenters. The van der Waals surface area contributed by atoms with Crippen LogP contribution in [0.25, 0.3) is 0 Å². The summed E-state index contributed by atoms with van der Waals surface area (Å²) in [5.74, 6) is -2.26. The highest BCUT2D eigenvalue weighted by Gasteiger charge is 2.19. The molecular formula is C9H13NO4S2. The summed E-state index contributed by atoms with van der Waals surface area (Å²) in [7, 11) is -3.76. The fourth-order valence-corrected chi connectivity index (χ4v) is 3.25. The third-order valence-electron chi connectivity index (χ3n) is 1.86. The number of carboxylic acid groups (broad SMARTS) is 1. The SMILES string of the molecule is Cc1ccc(C(C)NS(=O)(=O)CC(=O)O)s1. The molecule has 1 aromatic rings. The minimum Gasteiger partial charge on any atom is -0.480 e. The number of rotatable bonds is 5. The van der Waals surface area contributed by atoms with Crippen molar-refractivity contribution in [1.82, 2.24) is 4.72 Å². The predicted molar refractivity (Wildman–Crippen MR) is 62.0 cm³/mol. The van der Waals surface area contributed by atoms with Gasteiger partial charge in [0.1, 0.15) is 0 Å². The Morgan fingerprint density at radius 3 is 2.62 bits per heavy atom. The monoisotopic (exact) mass is 263 g/mol. The van der Waals surface area contributed by atoms with Crippen LogP contribution in [0.15, 0.2) is 12.1 Å². The molecule has 0 amide bonds. The molecule has 0 aromatic carbocycles. The first-order valence-electron chi connectivity index (χ1n) is 4.58. The third kappa shape index (κ3) is 3.92. The molecule has 1 aromatic heterocycles. The van der Waals surface area contributed by atoms with E-state index in [9.17, 15) is 13.2 Å². The lowest BCUT2D eigenvalue weighted by Gasteiger charge is -2.11. The van der Waals surface area contributed by atoms with E-state index >= 15 is 0 Å². The summed E-state index contributed by atoms with van der Waals surface area (Å²) >= 11 is 1.48. The van der Waals surface area contributed by atoms with Crippen molar-refractivity contribution in [2.75, 3.05) is 5.75 Å². The normalized spacial score (nSPS) is 13.6. The molecule has 0 fully saturated rings. The topological polar surface area (TPSA) is 83.5 Å². The Hall–Kier alpha value is -0.920. The van der Waals surface area contributed by atoms with Crippen molar-refractivity contribution >= 4 is 27.3 Å². The van der Waals surface area contributed by atoms with E-state index in [-0.39, 0.29) is 0 Å². The number of aryl methyl sites for hydroxylation is 1. The Bertz CT molecular complexity index is 477. The van der Waals surface area contributed by atoms with Gasteiger partial charge >= 0.3 is 5.97 Å². The zero-order valence-electron chi connectivity index (χ0n) is 8.93. The molecule has 7 heteroatoms. The molecule has 1 heterocycles. The van der Waals surface area contributed by atoms with Crippen LogP contribution in [0.1, 0.15) is 22.7 Å².